The number of hydrogen-bond acceptors (Lipinski definition) is 2. The van der Waals surface area contributed by atoms with Crippen LogP contribution in [0.4, 0.5) is 0 Å². The lowest BCUT2D eigenvalue weighted by atomic mass is 9.78. The molecule has 3 rings (SSSR count). The Labute approximate surface area is 108 Å². The third-order valence-electron chi connectivity index (χ3n) is 3.98. The lowest BCUT2D eigenvalue weighted by Gasteiger charge is -2.32. The molecule has 1 heterocycles. The summed E-state index contributed by atoms with van der Waals surface area (Å²) in [6.07, 6.45) is 6.80. The fraction of sp³-hybridized carbons (Fsp3) is 0.438. The first-order valence-electron chi connectivity index (χ1n) is 6.75. The van der Waals surface area contributed by atoms with Crippen molar-refractivity contribution in [2.24, 2.45) is 0 Å². The van der Waals surface area contributed by atoms with Crippen LogP contribution in [-0.2, 0) is 9.53 Å². The third-order valence-corrected chi connectivity index (χ3v) is 3.98. The van der Waals surface area contributed by atoms with Gasteiger partial charge in [-0.25, -0.2) is 0 Å². The van der Waals surface area contributed by atoms with Gasteiger partial charge in [-0.3, -0.25) is 4.79 Å². The van der Waals surface area contributed by atoms with Gasteiger partial charge in [-0.2, -0.15) is 0 Å². The summed E-state index contributed by atoms with van der Waals surface area (Å²) in [7, 11) is 0. The van der Waals surface area contributed by atoms with Crippen LogP contribution < -0.4 is 0 Å². The normalized spacial score (nSPS) is 30.2. The Kier molecular flexibility index (Phi) is 3.04. The Balaban J connectivity index is 1.89. The van der Waals surface area contributed by atoms with E-state index in [0.717, 1.165) is 49.8 Å². The Hall–Kier alpha value is -1.41. The Bertz CT molecular complexity index is 467. The van der Waals surface area contributed by atoms with Crippen molar-refractivity contribution in [1.29, 1.82) is 0 Å². The van der Waals surface area contributed by atoms with Crippen LogP contribution in [0.2, 0.25) is 0 Å². The van der Waals surface area contributed by atoms with Gasteiger partial charge in [-0.1, -0.05) is 30.3 Å². The minimum Gasteiger partial charge on any atom is -0.367 e. The number of Topliss-reactive ketones (excluding diaryl/α,β-unsaturated/α-hetero) is 1. The number of carbonyl (C=O) groups excluding carboxylic acids is 1. The molecule has 0 aromatic heterocycles. The molecular weight excluding hydrogens is 224 g/mol. The molecule has 2 fully saturated rings. The first-order valence-corrected chi connectivity index (χ1v) is 6.75. The molecular formula is C16H18O2. The molecule has 1 saturated heterocycles. The summed E-state index contributed by atoms with van der Waals surface area (Å²) in [5.74, 6) is 0.232. The first-order chi connectivity index (χ1) is 8.80. The van der Waals surface area contributed by atoms with E-state index in [9.17, 15) is 4.79 Å². The first kappa shape index (κ1) is 11.7. The molecule has 2 heteroatoms. The van der Waals surface area contributed by atoms with Crippen molar-refractivity contribution in [3.05, 3.63) is 41.5 Å². The Morgan fingerprint density at radius 3 is 2.61 bits per heavy atom. The fourth-order valence-electron chi connectivity index (χ4n) is 3.05. The van der Waals surface area contributed by atoms with Crippen LogP contribution in [0.5, 0.6) is 0 Å². The number of benzene rings is 1. The van der Waals surface area contributed by atoms with Crippen molar-refractivity contribution in [2.45, 2.75) is 37.7 Å². The molecule has 1 unspecified atom stereocenters. The van der Waals surface area contributed by atoms with Gasteiger partial charge in [0.1, 0.15) is 5.60 Å². The zero-order valence-corrected chi connectivity index (χ0v) is 10.5. The van der Waals surface area contributed by atoms with E-state index >= 15 is 0 Å². The van der Waals surface area contributed by atoms with Crippen LogP contribution in [0.15, 0.2) is 35.9 Å². The van der Waals surface area contributed by atoms with E-state index in [1.165, 1.54) is 0 Å². The highest BCUT2D eigenvalue weighted by molar-refractivity contribution is 6.06. The summed E-state index contributed by atoms with van der Waals surface area (Å²) in [6, 6.07) is 10.1. The smallest absolute Gasteiger partial charge is 0.190 e. The molecule has 0 N–H and O–H groups in total. The van der Waals surface area contributed by atoms with E-state index in [1.807, 2.05) is 36.4 Å². The minimum absolute atomic E-state index is 0.232. The highest BCUT2D eigenvalue weighted by Crippen LogP contribution is 2.39. The van der Waals surface area contributed by atoms with Gasteiger partial charge < -0.3 is 4.74 Å². The zero-order valence-electron chi connectivity index (χ0n) is 10.5. The molecule has 0 bridgehead atoms. The van der Waals surface area contributed by atoms with E-state index in [-0.39, 0.29) is 5.78 Å². The van der Waals surface area contributed by atoms with Crippen molar-refractivity contribution in [1.82, 2.24) is 0 Å². The van der Waals surface area contributed by atoms with Gasteiger partial charge in [0, 0.05) is 6.61 Å². The Morgan fingerprint density at radius 1 is 1.11 bits per heavy atom. The molecule has 94 valence electrons. The van der Waals surface area contributed by atoms with Crippen molar-refractivity contribution in [2.75, 3.05) is 6.61 Å². The van der Waals surface area contributed by atoms with E-state index in [1.54, 1.807) is 0 Å². The molecule has 0 radical (unpaired) electrons. The standard InChI is InChI=1S/C16H18O2/c17-15-14(12-13-6-2-1-3-7-13)8-4-9-16(15)10-5-11-18-16/h1-3,6-7,12H,4-5,8-11H2/b14-12+. The van der Waals surface area contributed by atoms with Crippen molar-refractivity contribution >= 4 is 11.9 Å². The van der Waals surface area contributed by atoms with Crippen molar-refractivity contribution in [3.63, 3.8) is 0 Å². The predicted octanol–water partition coefficient (Wildman–Crippen LogP) is 3.37. The largest absolute Gasteiger partial charge is 0.367 e. The molecule has 1 aliphatic heterocycles. The van der Waals surface area contributed by atoms with Gasteiger partial charge in [0.2, 0.25) is 0 Å². The topological polar surface area (TPSA) is 26.3 Å². The quantitative estimate of drug-likeness (QED) is 0.706. The average Bonchev–Trinajstić information content (AvgIpc) is 2.86. The summed E-state index contributed by atoms with van der Waals surface area (Å²) in [6.45, 7) is 0.740. The molecule has 1 aromatic carbocycles. The van der Waals surface area contributed by atoms with E-state index in [2.05, 4.69) is 0 Å². The molecule has 18 heavy (non-hydrogen) atoms. The number of carbonyl (C=O) groups is 1. The summed E-state index contributed by atoms with van der Waals surface area (Å²) in [5, 5.41) is 0. The number of rotatable bonds is 1. The summed E-state index contributed by atoms with van der Waals surface area (Å²) >= 11 is 0. The second kappa shape index (κ2) is 4.69. The minimum atomic E-state index is -0.473. The Morgan fingerprint density at radius 2 is 1.89 bits per heavy atom. The number of ketones is 1. The lowest BCUT2D eigenvalue weighted by Crippen LogP contribution is -2.41. The molecule has 2 aliphatic rings. The SMILES string of the molecule is O=C1/C(=C/c2ccccc2)CCCC12CCCO2. The van der Waals surface area contributed by atoms with Crippen LogP contribution >= 0.6 is 0 Å². The molecule has 1 atom stereocenters. The van der Waals surface area contributed by atoms with Gasteiger partial charge in [0.05, 0.1) is 0 Å². The highest BCUT2D eigenvalue weighted by Gasteiger charge is 2.45. The maximum absolute atomic E-state index is 12.6. The summed E-state index contributed by atoms with van der Waals surface area (Å²) in [4.78, 5) is 12.6. The van der Waals surface area contributed by atoms with Gasteiger partial charge in [0.25, 0.3) is 0 Å². The molecule has 2 nitrogen and oxygen atoms in total. The summed E-state index contributed by atoms with van der Waals surface area (Å²) < 4.78 is 5.77. The van der Waals surface area contributed by atoms with Gasteiger partial charge in [-0.05, 0) is 49.3 Å². The second-order valence-electron chi connectivity index (χ2n) is 5.21. The maximum Gasteiger partial charge on any atom is 0.190 e. The van der Waals surface area contributed by atoms with Gasteiger partial charge in [0.15, 0.2) is 5.78 Å². The third kappa shape index (κ3) is 2.01. The van der Waals surface area contributed by atoms with Crippen LogP contribution in [0.25, 0.3) is 6.08 Å². The lowest BCUT2D eigenvalue weighted by molar-refractivity contribution is -0.137. The predicted molar refractivity (Wildman–Crippen MR) is 71.2 cm³/mol. The maximum atomic E-state index is 12.6. The van der Waals surface area contributed by atoms with E-state index < -0.39 is 5.60 Å². The van der Waals surface area contributed by atoms with Crippen LogP contribution in [0.1, 0.15) is 37.7 Å². The monoisotopic (exact) mass is 242 g/mol. The number of hydrogen-bond donors (Lipinski definition) is 0. The van der Waals surface area contributed by atoms with Crippen LogP contribution in [-0.4, -0.2) is 18.0 Å². The zero-order chi connectivity index (χ0) is 12.4. The molecule has 1 aliphatic carbocycles. The van der Waals surface area contributed by atoms with E-state index in [4.69, 9.17) is 4.74 Å². The highest BCUT2D eigenvalue weighted by atomic mass is 16.5. The molecule has 1 aromatic rings. The van der Waals surface area contributed by atoms with Crippen LogP contribution in [0.3, 0.4) is 0 Å². The average molecular weight is 242 g/mol. The molecule has 1 spiro atoms. The molecule has 1 saturated carbocycles. The second-order valence-corrected chi connectivity index (χ2v) is 5.21. The summed E-state index contributed by atoms with van der Waals surface area (Å²) in [5.41, 5.74) is 1.57. The van der Waals surface area contributed by atoms with Gasteiger partial charge in [-0.15, -0.1) is 0 Å². The van der Waals surface area contributed by atoms with Crippen LogP contribution in [0, 0.1) is 0 Å². The van der Waals surface area contributed by atoms with E-state index in [0.29, 0.717) is 0 Å². The molecule has 0 amide bonds. The van der Waals surface area contributed by atoms with Crippen molar-refractivity contribution in [3.8, 4) is 0 Å². The fourth-order valence-corrected chi connectivity index (χ4v) is 3.05. The number of ether oxygens (including phenoxy) is 1. The van der Waals surface area contributed by atoms with Gasteiger partial charge >= 0.3 is 0 Å². The van der Waals surface area contributed by atoms with Crippen molar-refractivity contribution < 1.29 is 9.53 Å².